The van der Waals surface area contributed by atoms with Gasteiger partial charge in [0.25, 0.3) is 0 Å². The first kappa shape index (κ1) is 82.1. The quantitative estimate of drug-likeness (QED) is 0.0222. The van der Waals surface area contributed by atoms with E-state index >= 15 is 0 Å². The fourth-order valence-electron chi connectivity index (χ4n) is 9.71. The molecule has 0 aromatic rings. The lowest BCUT2D eigenvalue weighted by Gasteiger charge is -2.21. The largest absolute Gasteiger partial charge is 0.472 e. The summed E-state index contributed by atoms with van der Waals surface area (Å²) in [5.74, 6) is -0.638. The van der Waals surface area contributed by atoms with Crippen LogP contribution in [0.5, 0.6) is 0 Å². The number of rotatable bonds is 64. The molecule has 0 amide bonds. The Morgan fingerprint density at radius 3 is 0.810 bits per heavy atom. The van der Waals surface area contributed by atoms with Gasteiger partial charge in [-0.1, -0.05) is 273 Å². The Morgan fingerprint density at radius 2 is 0.548 bits per heavy atom. The summed E-state index contributed by atoms with van der Waals surface area (Å²) >= 11 is 0. The number of unbranched alkanes of at least 4 members (excludes halogenated alkanes) is 34. The number of hydrogen-bond acceptors (Lipinski definition) is 15. The zero-order valence-corrected chi connectivity index (χ0v) is 56.0. The Morgan fingerprint density at radius 1 is 0.321 bits per heavy atom. The lowest BCUT2D eigenvalue weighted by molar-refractivity contribution is -0.161. The van der Waals surface area contributed by atoms with Crippen LogP contribution in [0, 0.1) is 11.8 Å². The molecule has 17 nitrogen and oxygen atoms in total. The molecule has 0 fully saturated rings. The van der Waals surface area contributed by atoms with Crippen molar-refractivity contribution in [2.75, 3.05) is 39.6 Å². The summed E-state index contributed by atoms with van der Waals surface area (Å²) < 4.78 is 67.9. The van der Waals surface area contributed by atoms with Crippen molar-refractivity contribution in [3.63, 3.8) is 0 Å². The molecule has 5 atom stereocenters. The second kappa shape index (κ2) is 57.5. The van der Waals surface area contributed by atoms with Gasteiger partial charge in [0.05, 0.1) is 26.4 Å². The van der Waals surface area contributed by atoms with E-state index in [0.717, 1.165) is 108 Å². The fourth-order valence-corrected chi connectivity index (χ4v) is 11.3. The van der Waals surface area contributed by atoms with Crippen LogP contribution in [0.25, 0.3) is 0 Å². The summed E-state index contributed by atoms with van der Waals surface area (Å²) in [4.78, 5) is 72.0. The molecule has 0 rings (SSSR count). The number of hydrogen-bond donors (Lipinski definition) is 3. The van der Waals surface area contributed by atoms with Crippen LogP contribution in [0.3, 0.4) is 0 Å². The molecule has 0 aromatic heterocycles. The molecule has 84 heavy (non-hydrogen) atoms. The summed E-state index contributed by atoms with van der Waals surface area (Å²) in [6, 6.07) is 0. The molecule has 0 saturated carbocycles. The molecule has 3 N–H and O–H groups in total. The minimum absolute atomic E-state index is 0.103. The van der Waals surface area contributed by atoms with Gasteiger partial charge in [-0.25, -0.2) is 9.13 Å². The van der Waals surface area contributed by atoms with Gasteiger partial charge < -0.3 is 33.8 Å². The van der Waals surface area contributed by atoms with E-state index in [1.54, 1.807) is 0 Å². The highest BCUT2D eigenvalue weighted by molar-refractivity contribution is 7.47. The Kier molecular flexibility index (Phi) is 56.2. The lowest BCUT2D eigenvalue weighted by atomic mass is 10.0. The predicted molar refractivity (Wildman–Crippen MR) is 335 cm³/mol. The Hall–Kier alpha value is -1.94. The number of carbonyl (C=O) groups is 4. The highest BCUT2D eigenvalue weighted by atomic mass is 31.2. The third kappa shape index (κ3) is 59.0. The third-order valence-electron chi connectivity index (χ3n) is 15.0. The highest BCUT2D eigenvalue weighted by Crippen LogP contribution is 2.45. The maximum absolute atomic E-state index is 13.0. The van der Waals surface area contributed by atoms with Crippen LogP contribution in [0.4, 0.5) is 0 Å². The van der Waals surface area contributed by atoms with E-state index in [2.05, 4.69) is 41.5 Å². The second-order valence-corrected chi connectivity index (χ2v) is 27.4. The van der Waals surface area contributed by atoms with E-state index in [1.807, 2.05) is 0 Å². The van der Waals surface area contributed by atoms with E-state index < -0.39 is 97.5 Å². The zero-order chi connectivity index (χ0) is 62.2. The Labute approximate surface area is 511 Å². The van der Waals surface area contributed by atoms with E-state index in [1.165, 1.54) is 135 Å². The van der Waals surface area contributed by atoms with Crippen LogP contribution < -0.4 is 0 Å². The van der Waals surface area contributed by atoms with Crippen LogP contribution in [0.15, 0.2) is 0 Å². The molecule has 19 heteroatoms. The summed E-state index contributed by atoms with van der Waals surface area (Å²) in [5.41, 5.74) is 0. The maximum Gasteiger partial charge on any atom is 0.472 e. The number of carbonyl (C=O) groups excluding carboxylic acids is 4. The maximum atomic E-state index is 13.0. The van der Waals surface area contributed by atoms with E-state index in [-0.39, 0.29) is 25.7 Å². The molecule has 0 radical (unpaired) electrons. The number of aliphatic hydroxyl groups excluding tert-OH is 1. The summed E-state index contributed by atoms with van der Waals surface area (Å²) in [7, 11) is -9.88. The van der Waals surface area contributed by atoms with Gasteiger partial charge in [0.2, 0.25) is 0 Å². The Bertz CT molecular complexity index is 1650. The molecule has 0 aliphatic rings. The van der Waals surface area contributed by atoms with Crippen LogP contribution in [0.1, 0.15) is 324 Å². The van der Waals surface area contributed by atoms with E-state index in [0.29, 0.717) is 25.7 Å². The number of aliphatic hydroxyl groups is 1. The smallest absolute Gasteiger partial charge is 0.462 e. The molecule has 0 spiro atoms. The van der Waals surface area contributed by atoms with E-state index in [9.17, 15) is 43.2 Å². The molecular formula is C65H126O17P2. The molecule has 0 bridgehead atoms. The summed E-state index contributed by atoms with van der Waals surface area (Å²) in [5, 5.41) is 10.5. The first-order valence-electron chi connectivity index (χ1n) is 34.0. The minimum atomic E-state index is -4.94. The molecule has 0 aliphatic carbocycles. The first-order valence-corrected chi connectivity index (χ1v) is 37.0. The van der Waals surface area contributed by atoms with Gasteiger partial charge in [0.1, 0.15) is 19.3 Å². The van der Waals surface area contributed by atoms with Crippen molar-refractivity contribution in [1.29, 1.82) is 0 Å². The molecule has 498 valence electrons. The molecule has 0 aliphatic heterocycles. The fraction of sp³-hybridized carbons (Fsp3) is 0.938. The van der Waals surface area contributed by atoms with Crippen molar-refractivity contribution in [3.05, 3.63) is 0 Å². The predicted octanol–water partition coefficient (Wildman–Crippen LogP) is 18.0. The van der Waals surface area contributed by atoms with Crippen LogP contribution in [-0.4, -0.2) is 96.7 Å². The normalized spacial score (nSPS) is 14.3. The van der Waals surface area contributed by atoms with Gasteiger partial charge in [-0.05, 0) is 37.5 Å². The number of phosphoric acid groups is 2. The third-order valence-corrected chi connectivity index (χ3v) is 16.9. The standard InChI is InChI=1S/C65H126O17P2/c1-7-9-11-13-14-15-16-21-24-30-36-42-48-63(68)76-54-61(82-64(69)49-43-37-31-25-22-19-17-18-20-23-28-34-39-45-57(3)4)56-80-84(73,74)78-52-59(66)51-77-83(71,72)79-55-60(53-75-62(67)47-41-33-12-10-8-2)81-65(70)50-44-38-32-27-26-29-35-40-46-58(5)6/h57-61,66H,7-56H2,1-6H3,(H,71,72)(H,73,74)/t59-,60+,61+/m0/s1. The second-order valence-electron chi connectivity index (χ2n) is 24.5. The zero-order valence-electron chi connectivity index (χ0n) is 54.2. The van der Waals surface area contributed by atoms with Crippen LogP contribution in [-0.2, 0) is 65.4 Å². The van der Waals surface area contributed by atoms with Crippen molar-refractivity contribution in [3.8, 4) is 0 Å². The van der Waals surface area contributed by atoms with Gasteiger partial charge >= 0.3 is 39.5 Å². The molecule has 2 unspecified atom stereocenters. The van der Waals surface area contributed by atoms with Crippen LogP contribution in [0.2, 0.25) is 0 Å². The van der Waals surface area contributed by atoms with Crippen molar-refractivity contribution in [2.45, 2.75) is 342 Å². The lowest BCUT2D eigenvalue weighted by Crippen LogP contribution is -2.30. The van der Waals surface area contributed by atoms with Crippen molar-refractivity contribution < 1.29 is 80.2 Å². The van der Waals surface area contributed by atoms with Gasteiger partial charge in [-0.15, -0.1) is 0 Å². The number of phosphoric ester groups is 2. The topological polar surface area (TPSA) is 237 Å². The molecule has 0 heterocycles. The molecule has 0 aromatic carbocycles. The van der Waals surface area contributed by atoms with Gasteiger partial charge in [-0.2, -0.15) is 0 Å². The monoisotopic (exact) mass is 1240 g/mol. The van der Waals surface area contributed by atoms with Crippen molar-refractivity contribution in [2.24, 2.45) is 11.8 Å². The Balaban J connectivity index is 5.17. The molecular weight excluding hydrogens is 1110 g/mol. The molecule has 0 saturated heterocycles. The van der Waals surface area contributed by atoms with Crippen LogP contribution >= 0.6 is 15.6 Å². The van der Waals surface area contributed by atoms with Gasteiger partial charge in [0.15, 0.2) is 12.2 Å². The van der Waals surface area contributed by atoms with E-state index in [4.69, 9.17) is 37.0 Å². The van der Waals surface area contributed by atoms with Crippen molar-refractivity contribution in [1.82, 2.24) is 0 Å². The van der Waals surface area contributed by atoms with Gasteiger partial charge in [-0.3, -0.25) is 37.3 Å². The minimum Gasteiger partial charge on any atom is -0.462 e. The average Bonchev–Trinajstić information content (AvgIpc) is 3.61. The average molecular weight is 1240 g/mol. The van der Waals surface area contributed by atoms with Gasteiger partial charge in [0, 0.05) is 25.7 Å². The SMILES string of the molecule is CCCCCCCCCCCCCCC(=O)OC[C@H](COP(=O)(O)OC[C@@H](O)COP(=O)(O)OC[C@@H](COC(=O)CCCCCCC)OC(=O)CCCCCCCCCCC(C)C)OC(=O)CCCCCCCCCCCCCCCC(C)C. The highest BCUT2D eigenvalue weighted by Gasteiger charge is 2.30. The first-order chi connectivity index (χ1) is 40.4. The number of ether oxygens (including phenoxy) is 4. The summed E-state index contributed by atoms with van der Waals surface area (Å²) in [6.45, 7) is 9.39. The summed E-state index contributed by atoms with van der Waals surface area (Å²) in [6.07, 6.45) is 40.7. The number of esters is 4. The van der Waals surface area contributed by atoms with Crippen molar-refractivity contribution >= 4 is 39.5 Å².